The highest BCUT2D eigenvalue weighted by molar-refractivity contribution is 7.13. The molecular formula is C23H22N4O3S. The van der Waals surface area contributed by atoms with Crippen LogP contribution < -0.4 is 15.4 Å². The van der Waals surface area contributed by atoms with Gasteiger partial charge in [0.2, 0.25) is 5.13 Å². The van der Waals surface area contributed by atoms with Gasteiger partial charge in [-0.05, 0) is 50.1 Å². The van der Waals surface area contributed by atoms with Gasteiger partial charge in [-0.1, -0.05) is 29.5 Å². The number of hydrogen-bond donors (Lipinski definition) is 2. The van der Waals surface area contributed by atoms with Crippen LogP contribution in [-0.2, 0) is 6.42 Å². The Morgan fingerprint density at radius 2 is 2.00 bits per heavy atom. The quantitative estimate of drug-likeness (QED) is 0.467. The maximum absolute atomic E-state index is 13.1. The SMILES string of the molecule is COc1ccc2c(c1)C(=CC(=O)c1cccc(C(=O)Nc3nncs3)c1)NC(C)(C)C2. The van der Waals surface area contributed by atoms with E-state index in [2.05, 4.69) is 34.7 Å². The number of ketones is 1. The van der Waals surface area contributed by atoms with Crippen molar-refractivity contribution in [3.8, 4) is 5.75 Å². The lowest BCUT2D eigenvalue weighted by atomic mass is 9.85. The van der Waals surface area contributed by atoms with Gasteiger partial charge < -0.3 is 10.1 Å². The molecule has 0 radical (unpaired) electrons. The number of fused-ring (bicyclic) bond motifs is 1. The number of aromatic nitrogens is 2. The monoisotopic (exact) mass is 434 g/mol. The van der Waals surface area contributed by atoms with Crippen LogP contribution in [-0.4, -0.2) is 34.5 Å². The van der Waals surface area contributed by atoms with Crippen LogP contribution in [0.5, 0.6) is 5.75 Å². The van der Waals surface area contributed by atoms with Crippen molar-refractivity contribution < 1.29 is 14.3 Å². The van der Waals surface area contributed by atoms with E-state index in [1.165, 1.54) is 16.8 Å². The van der Waals surface area contributed by atoms with E-state index < -0.39 is 0 Å². The Balaban J connectivity index is 1.64. The molecule has 2 N–H and O–H groups in total. The van der Waals surface area contributed by atoms with Crippen LogP contribution in [0.1, 0.15) is 45.7 Å². The number of amides is 1. The molecule has 8 heteroatoms. The minimum absolute atomic E-state index is 0.195. The van der Waals surface area contributed by atoms with E-state index in [1.807, 2.05) is 18.2 Å². The smallest absolute Gasteiger partial charge is 0.257 e. The van der Waals surface area contributed by atoms with Gasteiger partial charge in [0, 0.05) is 34.0 Å². The summed E-state index contributed by atoms with van der Waals surface area (Å²) in [6, 6.07) is 12.5. The molecule has 1 aliphatic heterocycles. The van der Waals surface area contributed by atoms with Gasteiger partial charge in [0.25, 0.3) is 5.91 Å². The van der Waals surface area contributed by atoms with Crippen molar-refractivity contribution in [3.63, 3.8) is 0 Å². The minimum Gasteiger partial charge on any atom is -0.497 e. The predicted molar refractivity (Wildman–Crippen MR) is 121 cm³/mol. The topological polar surface area (TPSA) is 93.2 Å². The summed E-state index contributed by atoms with van der Waals surface area (Å²) in [5.41, 5.74) is 4.96. The van der Waals surface area contributed by atoms with Crippen LogP contribution in [0.15, 0.2) is 54.1 Å². The molecule has 158 valence electrons. The summed E-state index contributed by atoms with van der Waals surface area (Å²) < 4.78 is 5.36. The van der Waals surface area contributed by atoms with Crippen molar-refractivity contribution in [2.45, 2.75) is 25.8 Å². The van der Waals surface area contributed by atoms with E-state index in [4.69, 9.17) is 4.74 Å². The van der Waals surface area contributed by atoms with E-state index in [0.29, 0.717) is 16.3 Å². The number of methoxy groups -OCH3 is 1. The van der Waals surface area contributed by atoms with Crippen LogP contribution in [0.3, 0.4) is 0 Å². The summed E-state index contributed by atoms with van der Waals surface area (Å²) in [6.07, 6.45) is 2.42. The largest absolute Gasteiger partial charge is 0.497 e. The van der Waals surface area contributed by atoms with Gasteiger partial charge >= 0.3 is 0 Å². The lowest BCUT2D eigenvalue weighted by Crippen LogP contribution is -2.43. The van der Waals surface area contributed by atoms with Crippen molar-refractivity contribution >= 4 is 33.9 Å². The first-order chi connectivity index (χ1) is 14.8. The number of carbonyl (C=O) groups excluding carboxylic acids is 2. The van der Waals surface area contributed by atoms with Gasteiger partial charge in [-0.15, -0.1) is 10.2 Å². The highest BCUT2D eigenvalue weighted by Crippen LogP contribution is 2.32. The van der Waals surface area contributed by atoms with E-state index in [9.17, 15) is 9.59 Å². The number of rotatable bonds is 5. The molecule has 0 fully saturated rings. The van der Waals surface area contributed by atoms with E-state index in [-0.39, 0.29) is 17.2 Å². The lowest BCUT2D eigenvalue weighted by Gasteiger charge is -2.35. The van der Waals surface area contributed by atoms with Crippen molar-refractivity contribution in [1.82, 2.24) is 15.5 Å². The van der Waals surface area contributed by atoms with Gasteiger partial charge in [0.15, 0.2) is 5.78 Å². The van der Waals surface area contributed by atoms with E-state index in [0.717, 1.165) is 29.0 Å². The Hall–Kier alpha value is -3.52. The number of carbonyl (C=O) groups is 2. The fraction of sp³-hybridized carbons (Fsp3) is 0.217. The van der Waals surface area contributed by atoms with Crippen molar-refractivity contribution in [2.24, 2.45) is 0 Å². The number of hydrogen-bond acceptors (Lipinski definition) is 7. The number of benzene rings is 2. The molecule has 2 heterocycles. The Bertz CT molecular complexity index is 1170. The summed E-state index contributed by atoms with van der Waals surface area (Å²) >= 11 is 1.23. The number of ether oxygens (including phenoxy) is 1. The van der Waals surface area contributed by atoms with Gasteiger partial charge in [-0.2, -0.15) is 0 Å². The molecule has 1 aliphatic rings. The highest BCUT2D eigenvalue weighted by atomic mass is 32.1. The van der Waals surface area contributed by atoms with Crippen LogP contribution in [0.25, 0.3) is 5.70 Å². The number of allylic oxidation sites excluding steroid dienone is 1. The third kappa shape index (κ3) is 4.64. The van der Waals surface area contributed by atoms with Gasteiger partial charge in [0.05, 0.1) is 7.11 Å². The normalized spacial score (nSPS) is 15.6. The molecule has 1 aromatic heterocycles. The first kappa shape index (κ1) is 20.7. The number of anilines is 1. The zero-order chi connectivity index (χ0) is 22.0. The van der Waals surface area contributed by atoms with Crippen LogP contribution >= 0.6 is 11.3 Å². The van der Waals surface area contributed by atoms with Crippen LogP contribution in [0.2, 0.25) is 0 Å². The first-order valence-electron chi connectivity index (χ1n) is 9.74. The summed E-state index contributed by atoms with van der Waals surface area (Å²) in [5, 5.41) is 14.0. The lowest BCUT2D eigenvalue weighted by molar-refractivity contribution is 0.102. The first-order valence-corrected chi connectivity index (χ1v) is 10.6. The molecule has 0 saturated heterocycles. The van der Waals surface area contributed by atoms with Crippen LogP contribution in [0.4, 0.5) is 5.13 Å². The molecule has 31 heavy (non-hydrogen) atoms. The molecule has 7 nitrogen and oxygen atoms in total. The Labute approximate surface area is 184 Å². The van der Waals surface area contributed by atoms with Crippen molar-refractivity contribution in [2.75, 3.05) is 12.4 Å². The average Bonchev–Trinajstić information content (AvgIpc) is 3.26. The Morgan fingerprint density at radius 3 is 2.74 bits per heavy atom. The third-order valence-corrected chi connectivity index (χ3v) is 5.58. The zero-order valence-corrected chi connectivity index (χ0v) is 18.2. The standard InChI is InChI=1S/C23H22N4O3S/c1-23(2)12-16-7-8-17(30-3)10-18(16)19(26-23)11-20(28)14-5-4-6-15(9-14)21(29)25-22-27-24-13-31-22/h4-11,13,26H,12H2,1-3H3,(H,25,27,29). The van der Waals surface area contributed by atoms with E-state index in [1.54, 1.807) is 37.5 Å². The highest BCUT2D eigenvalue weighted by Gasteiger charge is 2.28. The Morgan fingerprint density at radius 1 is 1.19 bits per heavy atom. The summed E-state index contributed by atoms with van der Waals surface area (Å²) in [6.45, 7) is 4.19. The van der Waals surface area contributed by atoms with Crippen molar-refractivity contribution in [3.05, 3.63) is 76.3 Å². The Kier molecular flexibility index (Phi) is 5.56. The molecule has 0 atom stereocenters. The fourth-order valence-electron chi connectivity index (χ4n) is 3.58. The number of nitrogens with one attached hydrogen (secondary N) is 2. The zero-order valence-electron chi connectivity index (χ0n) is 17.4. The minimum atomic E-state index is -0.342. The second kappa shape index (κ2) is 8.31. The third-order valence-electron chi connectivity index (χ3n) is 4.98. The molecule has 1 amide bonds. The van der Waals surface area contributed by atoms with Gasteiger partial charge in [0.1, 0.15) is 11.3 Å². The summed E-state index contributed by atoms with van der Waals surface area (Å²) in [7, 11) is 1.62. The molecule has 0 aliphatic carbocycles. The molecule has 3 aromatic rings. The van der Waals surface area contributed by atoms with Crippen molar-refractivity contribution in [1.29, 1.82) is 0 Å². The molecule has 0 bridgehead atoms. The molecule has 2 aromatic carbocycles. The second-order valence-electron chi connectivity index (χ2n) is 7.91. The van der Waals surface area contributed by atoms with E-state index >= 15 is 0 Å². The molecular weight excluding hydrogens is 412 g/mol. The average molecular weight is 435 g/mol. The summed E-state index contributed by atoms with van der Waals surface area (Å²) in [4.78, 5) is 25.6. The molecule has 0 unspecified atom stereocenters. The van der Waals surface area contributed by atoms with Crippen LogP contribution in [0, 0.1) is 0 Å². The fourth-order valence-corrected chi connectivity index (χ4v) is 4.02. The molecule has 0 spiro atoms. The molecule has 0 saturated carbocycles. The van der Waals surface area contributed by atoms with Gasteiger partial charge in [-0.25, -0.2) is 0 Å². The number of nitrogens with zero attached hydrogens (tertiary/aromatic N) is 2. The molecule has 4 rings (SSSR count). The maximum atomic E-state index is 13.1. The van der Waals surface area contributed by atoms with Gasteiger partial charge in [-0.3, -0.25) is 14.9 Å². The second-order valence-corrected chi connectivity index (χ2v) is 8.74. The predicted octanol–water partition coefficient (Wildman–Crippen LogP) is 3.95. The summed E-state index contributed by atoms with van der Waals surface area (Å²) in [5.74, 6) is 0.194. The maximum Gasteiger partial charge on any atom is 0.257 e.